The summed E-state index contributed by atoms with van der Waals surface area (Å²) in [6.07, 6.45) is 2.88. The lowest BCUT2D eigenvalue weighted by Crippen LogP contribution is -2.38. The molecule has 1 aromatic heterocycles. The summed E-state index contributed by atoms with van der Waals surface area (Å²) in [6, 6.07) is 11.0. The van der Waals surface area contributed by atoms with Crippen LogP contribution in [0.1, 0.15) is 41.2 Å². The molecule has 1 aliphatic rings. The zero-order valence-electron chi connectivity index (χ0n) is 16.7. The van der Waals surface area contributed by atoms with Gasteiger partial charge in [-0.05, 0) is 41.5 Å². The summed E-state index contributed by atoms with van der Waals surface area (Å²) in [6.45, 7) is 5.00. The smallest absolute Gasteiger partial charge is 0.336 e. The molecule has 0 bridgehead atoms. The molecule has 158 valence electrons. The molecule has 1 aliphatic heterocycles. The van der Waals surface area contributed by atoms with Crippen molar-refractivity contribution in [1.82, 2.24) is 4.90 Å². The van der Waals surface area contributed by atoms with E-state index in [0.717, 1.165) is 24.5 Å². The van der Waals surface area contributed by atoms with Crippen LogP contribution < -0.4 is 11.4 Å². The van der Waals surface area contributed by atoms with Gasteiger partial charge in [0.1, 0.15) is 11.5 Å². The second-order valence-corrected chi connectivity index (χ2v) is 7.44. The number of carbonyl (C=O) groups excluding carboxylic acids is 1. The number of piperidine rings is 1. The number of nitrogens with two attached hydrogens (primary N) is 1. The van der Waals surface area contributed by atoms with E-state index >= 15 is 0 Å². The number of hydrogen-bond donors (Lipinski definition) is 3. The Bertz CT molecular complexity index is 1020. The van der Waals surface area contributed by atoms with Crippen LogP contribution in [-0.4, -0.2) is 34.1 Å². The van der Waals surface area contributed by atoms with E-state index in [1.54, 1.807) is 4.90 Å². The Morgan fingerprint density at radius 3 is 2.60 bits per heavy atom. The van der Waals surface area contributed by atoms with E-state index < -0.39 is 17.1 Å². The summed E-state index contributed by atoms with van der Waals surface area (Å²) in [5, 5.41) is 18.7. The third kappa shape index (κ3) is 5.39. The molecule has 0 unspecified atom stereocenters. The van der Waals surface area contributed by atoms with Crippen molar-refractivity contribution in [3.63, 3.8) is 0 Å². The fourth-order valence-corrected chi connectivity index (χ4v) is 3.66. The maximum Gasteiger partial charge on any atom is 0.336 e. The van der Waals surface area contributed by atoms with Crippen LogP contribution in [0.5, 0.6) is 0 Å². The highest BCUT2D eigenvalue weighted by Crippen LogP contribution is 2.28. The standard InChI is InChI=1S/C23H26N2O5/c1-15(26)21(27)13-20-10-17(12-23(29)30-20)11-22(28)25-7-5-18(6-8-25)19-4-2-3-16(9-19)14-24/h2-4,9-10,12-13,18,26-27H,1,5-8,11,14,24H2/b21-13+. The lowest BCUT2D eigenvalue weighted by Gasteiger charge is -2.32. The fraction of sp³-hybridized carbons (Fsp3) is 0.304. The van der Waals surface area contributed by atoms with Gasteiger partial charge in [-0.2, -0.15) is 0 Å². The van der Waals surface area contributed by atoms with Gasteiger partial charge in [-0.1, -0.05) is 30.8 Å². The van der Waals surface area contributed by atoms with Gasteiger partial charge >= 0.3 is 5.63 Å². The van der Waals surface area contributed by atoms with Gasteiger partial charge in [0.25, 0.3) is 0 Å². The Morgan fingerprint density at radius 2 is 1.93 bits per heavy atom. The highest BCUT2D eigenvalue weighted by Gasteiger charge is 2.24. The Hall–Kier alpha value is -3.32. The van der Waals surface area contributed by atoms with Crippen LogP contribution in [0.15, 0.2) is 63.7 Å². The summed E-state index contributed by atoms with van der Waals surface area (Å²) in [5.41, 5.74) is 7.94. The van der Waals surface area contributed by atoms with Crippen molar-refractivity contribution in [2.45, 2.75) is 31.7 Å². The fourth-order valence-electron chi connectivity index (χ4n) is 3.66. The minimum atomic E-state index is -0.638. The second-order valence-electron chi connectivity index (χ2n) is 7.44. The Morgan fingerprint density at radius 1 is 1.20 bits per heavy atom. The molecule has 0 atom stereocenters. The maximum absolute atomic E-state index is 12.7. The van der Waals surface area contributed by atoms with Crippen LogP contribution in [0.25, 0.3) is 6.08 Å². The van der Waals surface area contributed by atoms with Crippen molar-refractivity contribution >= 4 is 12.0 Å². The molecule has 7 nitrogen and oxygen atoms in total. The molecule has 4 N–H and O–H groups in total. The van der Waals surface area contributed by atoms with Crippen LogP contribution in [0.3, 0.4) is 0 Å². The quantitative estimate of drug-likeness (QED) is 0.498. The molecule has 0 saturated carbocycles. The lowest BCUT2D eigenvalue weighted by molar-refractivity contribution is -0.131. The Labute approximate surface area is 174 Å². The molecule has 1 fully saturated rings. The average molecular weight is 410 g/mol. The molecule has 0 radical (unpaired) electrons. The van der Waals surface area contributed by atoms with Crippen LogP contribution in [0.2, 0.25) is 0 Å². The number of nitrogens with zero attached hydrogens (tertiary/aromatic N) is 1. The van der Waals surface area contributed by atoms with Gasteiger partial charge in [0.15, 0.2) is 5.76 Å². The molecular formula is C23H26N2O5. The summed E-state index contributed by atoms with van der Waals surface area (Å²) in [7, 11) is 0. The van der Waals surface area contributed by atoms with Crippen LogP contribution in [-0.2, 0) is 17.8 Å². The largest absolute Gasteiger partial charge is 0.505 e. The molecule has 0 aliphatic carbocycles. The van der Waals surface area contributed by atoms with E-state index in [1.807, 2.05) is 12.1 Å². The first-order valence-corrected chi connectivity index (χ1v) is 9.85. The lowest BCUT2D eigenvalue weighted by atomic mass is 9.88. The molecular weight excluding hydrogens is 384 g/mol. The van der Waals surface area contributed by atoms with E-state index in [-0.39, 0.29) is 18.1 Å². The topological polar surface area (TPSA) is 117 Å². The maximum atomic E-state index is 12.7. The average Bonchev–Trinajstić information content (AvgIpc) is 2.73. The van der Waals surface area contributed by atoms with Crippen molar-refractivity contribution in [2.75, 3.05) is 13.1 Å². The van der Waals surface area contributed by atoms with E-state index in [2.05, 4.69) is 18.7 Å². The van der Waals surface area contributed by atoms with E-state index in [4.69, 9.17) is 15.3 Å². The minimum Gasteiger partial charge on any atom is -0.505 e. The SMILES string of the molecule is C=C(O)/C(O)=C\c1cc(CC(=O)N2CCC(c3cccc(CN)c3)CC2)cc(=O)o1. The first kappa shape index (κ1) is 21.4. The molecule has 1 saturated heterocycles. The van der Waals surface area contributed by atoms with Crippen molar-refractivity contribution < 1.29 is 19.4 Å². The number of carbonyl (C=O) groups is 1. The van der Waals surface area contributed by atoms with E-state index in [9.17, 15) is 14.7 Å². The number of amides is 1. The van der Waals surface area contributed by atoms with Gasteiger partial charge < -0.3 is 25.3 Å². The third-order valence-corrected chi connectivity index (χ3v) is 5.29. The Kier molecular flexibility index (Phi) is 6.74. The zero-order chi connectivity index (χ0) is 21.7. The number of benzene rings is 1. The van der Waals surface area contributed by atoms with Gasteiger partial charge in [-0.3, -0.25) is 4.79 Å². The predicted molar refractivity (Wildman–Crippen MR) is 114 cm³/mol. The number of likely N-dealkylation sites (tertiary alicyclic amines) is 1. The minimum absolute atomic E-state index is 0.0384. The van der Waals surface area contributed by atoms with Crippen molar-refractivity contribution in [3.8, 4) is 0 Å². The van der Waals surface area contributed by atoms with E-state index in [0.29, 0.717) is 31.1 Å². The van der Waals surface area contributed by atoms with Crippen molar-refractivity contribution in [2.24, 2.45) is 5.73 Å². The summed E-state index contributed by atoms with van der Waals surface area (Å²) in [5.74, 6) is -0.686. The number of hydrogen-bond acceptors (Lipinski definition) is 6. The molecule has 3 rings (SSSR count). The number of rotatable bonds is 6. The Balaban J connectivity index is 1.63. The summed E-state index contributed by atoms with van der Waals surface area (Å²) >= 11 is 0. The van der Waals surface area contributed by atoms with Crippen LogP contribution >= 0.6 is 0 Å². The van der Waals surface area contributed by atoms with Gasteiger partial charge in [-0.25, -0.2) is 4.79 Å². The molecule has 2 heterocycles. The van der Waals surface area contributed by atoms with Crippen LogP contribution in [0, 0.1) is 0 Å². The summed E-state index contributed by atoms with van der Waals surface area (Å²) in [4.78, 5) is 26.3. The van der Waals surface area contributed by atoms with E-state index in [1.165, 1.54) is 17.7 Å². The molecule has 2 aromatic rings. The number of aliphatic hydroxyl groups excluding tert-OH is 2. The normalized spacial score (nSPS) is 15.2. The van der Waals surface area contributed by atoms with Gasteiger partial charge in [0, 0.05) is 31.8 Å². The summed E-state index contributed by atoms with van der Waals surface area (Å²) < 4.78 is 4.97. The monoisotopic (exact) mass is 410 g/mol. The molecule has 1 amide bonds. The highest BCUT2D eigenvalue weighted by atomic mass is 16.4. The third-order valence-electron chi connectivity index (χ3n) is 5.29. The van der Waals surface area contributed by atoms with Gasteiger partial charge in [-0.15, -0.1) is 0 Å². The van der Waals surface area contributed by atoms with Crippen LogP contribution in [0.4, 0.5) is 0 Å². The van der Waals surface area contributed by atoms with Crippen molar-refractivity contribution in [1.29, 1.82) is 0 Å². The van der Waals surface area contributed by atoms with Gasteiger partial charge in [0.2, 0.25) is 5.91 Å². The van der Waals surface area contributed by atoms with Gasteiger partial charge in [0.05, 0.1) is 6.42 Å². The first-order valence-electron chi connectivity index (χ1n) is 9.85. The second kappa shape index (κ2) is 9.45. The zero-order valence-corrected chi connectivity index (χ0v) is 16.7. The number of aliphatic hydroxyl groups is 2. The predicted octanol–water partition coefficient (Wildman–Crippen LogP) is 3.02. The molecule has 7 heteroatoms. The first-order chi connectivity index (χ1) is 14.4. The molecule has 0 spiro atoms. The highest BCUT2D eigenvalue weighted by molar-refractivity contribution is 5.79. The van der Waals surface area contributed by atoms with Crippen molar-refractivity contribution in [3.05, 3.63) is 87.4 Å². The molecule has 1 aromatic carbocycles. The molecule has 30 heavy (non-hydrogen) atoms.